The van der Waals surface area contributed by atoms with Crippen LogP contribution in [-0.2, 0) is 10.0 Å². The van der Waals surface area contributed by atoms with Crippen molar-refractivity contribution in [3.8, 4) is 0 Å². The van der Waals surface area contributed by atoms with Crippen molar-refractivity contribution in [2.24, 2.45) is 0 Å². The monoisotopic (exact) mass is 268 g/mol. The maximum Gasteiger partial charge on any atom is 0.328 e. The predicted octanol–water partition coefficient (Wildman–Crippen LogP) is 0.368. The molecule has 1 aromatic carbocycles. The Labute approximate surface area is 103 Å². The molecule has 1 heterocycles. The molecule has 8 heteroatoms. The van der Waals surface area contributed by atoms with E-state index >= 15 is 0 Å². The highest BCUT2D eigenvalue weighted by Gasteiger charge is 2.21. The molecular formula is C10H12N4O3S. The van der Waals surface area contributed by atoms with E-state index < -0.39 is 16.1 Å². The Hall–Kier alpha value is -2.22. The Morgan fingerprint density at radius 1 is 1.39 bits per heavy atom. The number of H-pyrrole nitrogens is 1. The van der Waals surface area contributed by atoms with Crippen LogP contribution in [0, 0.1) is 0 Å². The molecule has 0 aliphatic rings. The first-order valence-electron chi connectivity index (χ1n) is 5.05. The lowest BCUT2D eigenvalue weighted by Gasteiger charge is -2.05. The van der Waals surface area contributed by atoms with E-state index in [2.05, 4.69) is 10.3 Å². The SMILES string of the molecule is CNC(=O)NS(=O)(=O)c1c[nH]c2ccc(N)cc12. The second kappa shape index (κ2) is 4.22. The minimum atomic E-state index is -3.92. The van der Waals surface area contributed by atoms with Crippen LogP contribution in [0.5, 0.6) is 0 Å². The quantitative estimate of drug-likeness (QED) is 0.588. The molecule has 0 radical (unpaired) electrons. The number of fused-ring (bicyclic) bond motifs is 1. The van der Waals surface area contributed by atoms with E-state index in [0.717, 1.165) is 0 Å². The molecule has 0 fully saturated rings. The number of hydrogen-bond acceptors (Lipinski definition) is 4. The second-order valence-corrected chi connectivity index (χ2v) is 5.29. The minimum absolute atomic E-state index is 0.0200. The summed E-state index contributed by atoms with van der Waals surface area (Å²) in [7, 11) is -2.59. The lowest BCUT2D eigenvalue weighted by Crippen LogP contribution is -2.37. The average molecular weight is 268 g/mol. The Morgan fingerprint density at radius 2 is 2.11 bits per heavy atom. The number of amides is 2. The summed E-state index contributed by atoms with van der Waals surface area (Å²) in [6, 6.07) is 4.06. The summed E-state index contributed by atoms with van der Waals surface area (Å²) in [6.07, 6.45) is 1.31. The van der Waals surface area contributed by atoms with E-state index in [9.17, 15) is 13.2 Å². The third-order valence-electron chi connectivity index (χ3n) is 2.41. The van der Waals surface area contributed by atoms with E-state index in [-0.39, 0.29) is 4.90 Å². The molecule has 2 aromatic rings. The number of nitrogens with two attached hydrogens (primary N) is 1. The van der Waals surface area contributed by atoms with Crippen molar-refractivity contribution in [2.75, 3.05) is 12.8 Å². The maximum absolute atomic E-state index is 12.0. The number of anilines is 1. The zero-order chi connectivity index (χ0) is 13.3. The van der Waals surface area contributed by atoms with E-state index in [4.69, 9.17) is 5.73 Å². The molecule has 0 spiro atoms. The highest BCUT2D eigenvalue weighted by molar-refractivity contribution is 7.90. The van der Waals surface area contributed by atoms with E-state index in [1.807, 2.05) is 4.72 Å². The van der Waals surface area contributed by atoms with Crippen LogP contribution in [0.4, 0.5) is 10.5 Å². The minimum Gasteiger partial charge on any atom is -0.399 e. The van der Waals surface area contributed by atoms with Crippen molar-refractivity contribution in [3.05, 3.63) is 24.4 Å². The molecule has 96 valence electrons. The van der Waals surface area contributed by atoms with Crippen molar-refractivity contribution in [3.63, 3.8) is 0 Å². The van der Waals surface area contributed by atoms with Crippen LogP contribution in [-0.4, -0.2) is 26.5 Å². The van der Waals surface area contributed by atoms with Crippen LogP contribution in [0.15, 0.2) is 29.3 Å². The number of sulfonamides is 1. The first-order chi connectivity index (χ1) is 8.44. The molecule has 0 bridgehead atoms. The predicted molar refractivity (Wildman–Crippen MR) is 67.5 cm³/mol. The molecule has 5 N–H and O–H groups in total. The van der Waals surface area contributed by atoms with Crippen molar-refractivity contribution in [1.82, 2.24) is 15.0 Å². The van der Waals surface area contributed by atoms with E-state index in [1.54, 1.807) is 12.1 Å². The number of hydrogen-bond donors (Lipinski definition) is 4. The van der Waals surface area contributed by atoms with Crippen molar-refractivity contribution >= 4 is 32.6 Å². The fraction of sp³-hybridized carbons (Fsp3) is 0.100. The van der Waals surface area contributed by atoms with Gasteiger partial charge in [0.05, 0.1) is 0 Å². The Morgan fingerprint density at radius 3 is 2.78 bits per heavy atom. The molecule has 7 nitrogen and oxygen atoms in total. The molecule has 2 rings (SSSR count). The number of rotatable bonds is 2. The normalized spacial score (nSPS) is 11.4. The van der Waals surface area contributed by atoms with Crippen LogP contribution < -0.4 is 15.8 Å². The Bertz CT molecular complexity index is 705. The third kappa shape index (κ3) is 2.09. The number of nitrogens with one attached hydrogen (secondary N) is 3. The van der Waals surface area contributed by atoms with Gasteiger partial charge in [0.25, 0.3) is 10.0 Å². The van der Waals surface area contributed by atoms with Crippen molar-refractivity contribution in [1.29, 1.82) is 0 Å². The van der Waals surface area contributed by atoms with Gasteiger partial charge in [0.1, 0.15) is 4.90 Å². The third-order valence-corrected chi connectivity index (χ3v) is 3.78. The molecule has 0 saturated carbocycles. The average Bonchev–Trinajstić information content (AvgIpc) is 2.71. The number of benzene rings is 1. The van der Waals surface area contributed by atoms with E-state index in [0.29, 0.717) is 16.6 Å². The fourth-order valence-corrected chi connectivity index (χ4v) is 2.69. The molecule has 1 aromatic heterocycles. The maximum atomic E-state index is 12.0. The number of urea groups is 1. The lowest BCUT2D eigenvalue weighted by atomic mass is 10.2. The van der Waals surface area contributed by atoms with Gasteiger partial charge in [0, 0.05) is 29.8 Å². The molecule has 0 atom stereocenters. The molecule has 0 saturated heterocycles. The summed E-state index contributed by atoms with van der Waals surface area (Å²) in [5.41, 5.74) is 6.68. The summed E-state index contributed by atoms with van der Waals surface area (Å²) in [4.78, 5) is 13.9. The first kappa shape index (κ1) is 12.2. The number of carbonyl (C=O) groups excluding carboxylic acids is 1. The van der Waals surface area contributed by atoms with Gasteiger partial charge in [0.15, 0.2) is 0 Å². The van der Waals surface area contributed by atoms with Crippen LogP contribution in [0.25, 0.3) is 10.9 Å². The highest BCUT2D eigenvalue weighted by atomic mass is 32.2. The Balaban J connectivity index is 2.54. The zero-order valence-corrected chi connectivity index (χ0v) is 10.3. The van der Waals surface area contributed by atoms with Gasteiger partial charge in [-0.05, 0) is 18.2 Å². The summed E-state index contributed by atoms with van der Waals surface area (Å²) in [5, 5.41) is 2.61. The molecule has 18 heavy (non-hydrogen) atoms. The molecular weight excluding hydrogens is 256 g/mol. The molecule has 0 aliphatic heterocycles. The summed E-state index contributed by atoms with van der Waals surface area (Å²) in [5.74, 6) is 0. The van der Waals surface area contributed by atoms with Crippen molar-refractivity contribution in [2.45, 2.75) is 4.90 Å². The van der Waals surface area contributed by atoms with Gasteiger partial charge in [-0.15, -0.1) is 0 Å². The van der Waals surface area contributed by atoms with Gasteiger partial charge in [-0.2, -0.15) is 0 Å². The van der Waals surface area contributed by atoms with Crippen LogP contribution in [0.1, 0.15) is 0 Å². The van der Waals surface area contributed by atoms with E-state index in [1.165, 1.54) is 19.3 Å². The first-order valence-corrected chi connectivity index (χ1v) is 6.53. The van der Waals surface area contributed by atoms with Gasteiger partial charge in [-0.25, -0.2) is 17.9 Å². The van der Waals surface area contributed by atoms with Crippen LogP contribution in [0.3, 0.4) is 0 Å². The topological polar surface area (TPSA) is 117 Å². The van der Waals surface area contributed by atoms with Gasteiger partial charge in [-0.3, -0.25) is 0 Å². The number of aromatic amines is 1. The number of aromatic nitrogens is 1. The van der Waals surface area contributed by atoms with Gasteiger partial charge in [0.2, 0.25) is 0 Å². The molecule has 0 unspecified atom stereocenters. The highest BCUT2D eigenvalue weighted by Crippen LogP contribution is 2.24. The zero-order valence-electron chi connectivity index (χ0n) is 9.52. The molecule has 0 aliphatic carbocycles. The van der Waals surface area contributed by atoms with Crippen LogP contribution >= 0.6 is 0 Å². The van der Waals surface area contributed by atoms with Gasteiger partial charge < -0.3 is 16.0 Å². The summed E-state index contributed by atoms with van der Waals surface area (Å²) >= 11 is 0. The Kier molecular flexibility index (Phi) is 2.87. The fourth-order valence-electron chi connectivity index (χ4n) is 1.56. The van der Waals surface area contributed by atoms with Gasteiger partial charge >= 0.3 is 6.03 Å². The van der Waals surface area contributed by atoms with Gasteiger partial charge in [-0.1, -0.05) is 0 Å². The number of nitrogen functional groups attached to an aromatic ring is 1. The molecule has 2 amide bonds. The largest absolute Gasteiger partial charge is 0.399 e. The van der Waals surface area contributed by atoms with Crippen molar-refractivity contribution < 1.29 is 13.2 Å². The van der Waals surface area contributed by atoms with Crippen LogP contribution in [0.2, 0.25) is 0 Å². The smallest absolute Gasteiger partial charge is 0.328 e. The lowest BCUT2D eigenvalue weighted by molar-refractivity contribution is 0.248. The summed E-state index contributed by atoms with van der Waals surface area (Å²) < 4.78 is 25.8. The standard InChI is InChI=1S/C10H12N4O3S/c1-12-10(15)14-18(16,17)9-5-13-8-3-2-6(11)4-7(8)9/h2-5,13H,11H2,1H3,(H2,12,14,15). The number of carbonyl (C=O) groups is 1. The second-order valence-electron chi connectivity index (χ2n) is 3.64. The summed E-state index contributed by atoms with van der Waals surface area (Å²) in [6.45, 7) is 0.